The highest BCUT2D eigenvalue weighted by atomic mass is 16.5. The van der Waals surface area contributed by atoms with E-state index >= 15 is 0 Å². The van der Waals surface area contributed by atoms with Crippen LogP contribution in [0.1, 0.15) is 47.8 Å². The molecule has 5 nitrogen and oxygen atoms in total. The van der Waals surface area contributed by atoms with Gasteiger partial charge in [0.1, 0.15) is 17.3 Å². The summed E-state index contributed by atoms with van der Waals surface area (Å²) in [4.78, 5) is 2.47. The van der Waals surface area contributed by atoms with Crippen LogP contribution in [0.3, 0.4) is 0 Å². The maximum Gasteiger partial charge on any atom is 0.122 e. The van der Waals surface area contributed by atoms with Crippen LogP contribution in [0.15, 0.2) is 33.3 Å². The van der Waals surface area contributed by atoms with E-state index in [2.05, 4.69) is 28.4 Å². The van der Waals surface area contributed by atoms with E-state index in [1.165, 1.54) is 18.4 Å². The van der Waals surface area contributed by atoms with Crippen molar-refractivity contribution in [1.29, 1.82) is 0 Å². The number of hydrogen-bond donors (Lipinski definition) is 1. The summed E-state index contributed by atoms with van der Waals surface area (Å²) >= 11 is 0. The zero-order valence-electron chi connectivity index (χ0n) is 14.3. The molecule has 5 heteroatoms. The van der Waals surface area contributed by atoms with Crippen LogP contribution in [0.5, 0.6) is 0 Å². The van der Waals surface area contributed by atoms with Crippen LogP contribution in [-0.2, 0) is 11.2 Å². The minimum atomic E-state index is 0.250. The highest BCUT2D eigenvalue weighted by Crippen LogP contribution is 2.31. The molecule has 2 unspecified atom stereocenters. The van der Waals surface area contributed by atoms with E-state index in [0.29, 0.717) is 6.04 Å². The van der Waals surface area contributed by atoms with Crippen molar-refractivity contribution in [2.45, 2.75) is 38.3 Å². The predicted molar refractivity (Wildman–Crippen MR) is 91.0 cm³/mol. The van der Waals surface area contributed by atoms with Gasteiger partial charge in [0.05, 0.1) is 25.5 Å². The molecule has 4 rings (SSSR count). The van der Waals surface area contributed by atoms with E-state index in [9.17, 15) is 0 Å². The summed E-state index contributed by atoms with van der Waals surface area (Å²) in [5, 5.41) is 3.77. The summed E-state index contributed by atoms with van der Waals surface area (Å²) in [5.74, 6) is 3.17. The van der Waals surface area contributed by atoms with Crippen LogP contribution >= 0.6 is 0 Å². The van der Waals surface area contributed by atoms with Crippen LogP contribution in [0, 0.1) is 6.92 Å². The Bertz CT molecular complexity index is 657. The van der Waals surface area contributed by atoms with Gasteiger partial charge in [0.2, 0.25) is 0 Å². The second kappa shape index (κ2) is 7.13. The fourth-order valence-corrected chi connectivity index (χ4v) is 3.88. The Morgan fingerprint density at radius 1 is 1.25 bits per heavy atom. The average molecular weight is 330 g/mol. The Balaban J connectivity index is 1.48. The molecule has 2 atom stereocenters. The minimum Gasteiger partial charge on any atom is -0.469 e. The first-order chi connectivity index (χ1) is 11.8. The lowest BCUT2D eigenvalue weighted by Gasteiger charge is -2.35. The molecular weight excluding hydrogens is 304 g/mol. The van der Waals surface area contributed by atoms with Crippen LogP contribution < -0.4 is 5.32 Å². The molecule has 3 heterocycles. The van der Waals surface area contributed by atoms with E-state index in [4.69, 9.17) is 13.6 Å². The largest absolute Gasteiger partial charge is 0.469 e. The van der Waals surface area contributed by atoms with Crippen molar-refractivity contribution in [2.75, 3.05) is 32.8 Å². The molecule has 0 saturated carbocycles. The fraction of sp³-hybridized carbons (Fsp3) is 0.579. The quantitative estimate of drug-likeness (QED) is 0.912. The molecule has 1 N–H and O–H groups in total. The number of rotatable bonds is 5. The number of ether oxygens (including phenoxy) is 1. The van der Waals surface area contributed by atoms with Crippen molar-refractivity contribution in [2.24, 2.45) is 0 Å². The smallest absolute Gasteiger partial charge is 0.122 e. The summed E-state index contributed by atoms with van der Waals surface area (Å²) < 4.78 is 17.1. The Hall–Kier alpha value is -1.56. The van der Waals surface area contributed by atoms with E-state index in [1.807, 2.05) is 13.2 Å². The zero-order chi connectivity index (χ0) is 16.4. The van der Waals surface area contributed by atoms with Crippen LogP contribution in [0.25, 0.3) is 0 Å². The summed E-state index contributed by atoms with van der Waals surface area (Å²) in [5.41, 5.74) is 1.33. The molecule has 1 fully saturated rings. The summed E-state index contributed by atoms with van der Waals surface area (Å²) in [6.45, 7) is 6.38. The predicted octanol–water partition coefficient (Wildman–Crippen LogP) is 3.22. The second-order valence-electron chi connectivity index (χ2n) is 6.76. The summed E-state index contributed by atoms with van der Waals surface area (Å²) in [7, 11) is 0. The molecule has 24 heavy (non-hydrogen) atoms. The number of nitrogens with one attached hydrogen (secondary N) is 1. The standard InChI is InChI=1S/C19H26N2O3/c1-14-5-6-19(24-14)17(21-8-11-22-12-9-21)13-20-16-3-2-4-18-15(16)7-10-23-18/h5-7,10,16-17,20H,2-4,8-9,11-13H2,1H3. The Morgan fingerprint density at radius 3 is 2.92 bits per heavy atom. The number of nitrogens with zero attached hydrogens (tertiary/aromatic N) is 1. The van der Waals surface area contributed by atoms with Gasteiger partial charge in [0.25, 0.3) is 0 Å². The van der Waals surface area contributed by atoms with Gasteiger partial charge in [-0.2, -0.15) is 0 Å². The Morgan fingerprint density at radius 2 is 2.12 bits per heavy atom. The molecular formula is C19H26N2O3. The first kappa shape index (κ1) is 15.9. The highest BCUT2D eigenvalue weighted by Gasteiger charge is 2.28. The number of hydrogen-bond acceptors (Lipinski definition) is 5. The van der Waals surface area contributed by atoms with Crippen molar-refractivity contribution < 1.29 is 13.6 Å². The molecule has 0 bridgehead atoms. The summed E-state index contributed by atoms with van der Waals surface area (Å²) in [6, 6.07) is 6.91. The highest BCUT2D eigenvalue weighted by molar-refractivity contribution is 5.24. The van der Waals surface area contributed by atoms with Crippen LogP contribution in [-0.4, -0.2) is 37.7 Å². The molecule has 0 aromatic carbocycles. The zero-order valence-corrected chi connectivity index (χ0v) is 14.3. The van der Waals surface area contributed by atoms with Gasteiger partial charge >= 0.3 is 0 Å². The monoisotopic (exact) mass is 330 g/mol. The molecule has 0 spiro atoms. The maximum absolute atomic E-state index is 5.95. The third kappa shape index (κ3) is 3.29. The van der Waals surface area contributed by atoms with Gasteiger partial charge in [-0.15, -0.1) is 0 Å². The lowest BCUT2D eigenvalue weighted by atomic mass is 9.93. The molecule has 2 aliphatic rings. The lowest BCUT2D eigenvalue weighted by Crippen LogP contribution is -2.43. The topological polar surface area (TPSA) is 50.8 Å². The van der Waals surface area contributed by atoms with Crippen molar-refractivity contribution in [3.05, 3.63) is 47.3 Å². The SMILES string of the molecule is Cc1ccc(C(CNC2CCCc3occc32)N2CCOCC2)o1. The van der Waals surface area contributed by atoms with Gasteiger partial charge in [0.15, 0.2) is 0 Å². The normalized spacial score (nSPS) is 23.1. The van der Waals surface area contributed by atoms with E-state index < -0.39 is 0 Å². The Labute approximate surface area is 143 Å². The molecule has 130 valence electrons. The minimum absolute atomic E-state index is 0.250. The average Bonchev–Trinajstić information content (AvgIpc) is 3.25. The molecule has 2 aromatic rings. The fourth-order valence-electron chi connectivity index (χ4n) is 3.88. The lowest BCUT2D eigenvalue weighted by molar-refractivity contribution is 0.0108. The van der Waals surface area contributed by atoms with Crippen LogP contribution in [0.2, 0.25) is 0 Å². The molecule has 1 aliphatic heterocycles. The molecule has 2 aromatic heterocycles. The van der Waals surface area contributed by atoms with E-state index in [-0.39, 0.29) is 6.04 Å². The van der Waals surface area contributed by atoms with Crippen molar-refractivity contribution in [3.8, 4) is 0 Å². The molecule has 1 saturated heterocycles. The van der Waals surface area contributed by atoms with Gasteiger partial charge in [-0.3, -0.25) is 4.90 Å². The molecule has 1 aliphatic carbocycles. The van der Waals surface area contributed by atoms with Gasteiger partial charge in [-0.25, -0.2) is 0 Å². The van der Waals surface area contributed by atoms with Gasteiger partial charge in [-0.1, -0.05) is 0 Å². The van der Waals surface area contributed by atoms with Gasteiger partial charge < -0.3 is 18.9 Å². The number of morpholine rings is 1. The third-order valence-electron chi connectivity index (χ3n) is 5.19. The van der Waals surface area contributed by atoms with Crippen LogP contribution in [0.4, 0.5) is 0 Å². The van der Waals surface area contributed by atoms with Crippen molar-refractivity contribution in [1.82, 2.24) is 10.2 Å². The maximum atomic E-state index is 5.95. The first-order valence-corrected chi connectivity index (χ1v) is 8.99. The van der Waals surface area contributed by atoms with E-state index in [1.54, 1.807) is 0 Å². The first-order valence-electron chi connectivity index (χ1n) is 8.99. The molecule has 0 radical (unpaired) electrons. The number of aryl methyl sites for hydroxylation is 2. The second-order valence-corrected chi connectivity index (χ2v) is 6.76. The molecule has 0 amide bonds. The van der Waals surface area contributed by atoms with Gasteiger partial charge in [-0.05, 0) is 38.0 Å². The summed E-state index contributed by atoms with van der Waals surface area (Å²) in [6.07, 6.45) is 5.23. The number of furan rings is 2. The van der Waals surface area contributed by atoms with E-state index in [0.717, 1.165) is 56.5 Å². The number of fused-ring (bicyclic) bond motifs is 1. The van der Waals surface area contributed by atoms with Crippen molar-refractivity contribution >= 4 is 0 Å². The van der Waals surface area contributed by atoms with Crippen molar-refractivity contribution in [3.63, 3.8) is 0 Å². The van der Waals surface area contributed by atoms with Gasteiger partial charge in [0, 0.05) is 37.7 Å². The Kier molecular flexibility index (Phi) is 4.74. The third-order valence-corrected chi connectivity index (χ3v) is 5.19.